The second-order valence-corrected chi connectivity index (χ2v) is 8.78. The Bertz CT molecular complexity index is 1090. The number of sulfone groups is 1. The minimum atomic E-state index is -3.81. The second kappa shape index (κ2) is 9.15. The van der Waals surface area contributed by atoms with Crippen LogP contribution in [-0.4, -0.2) is 47.0 Å². The first kappa shape index (κ1) is 21.6. The quantitative estimate of drug-likeness (QED) is 0.593. The summed E-state index contributed by atoms with van der Waals surface area (Å²) in [6.07, 6.45) is 0. The molecule has 1 N–H and O–H groups in total. The van der Waals surface area contributed by atoms with Crippen molar-refractivity contribution < 1.29 is 22.4 Å². The van der Waals surface area contributed by atoms with E-state index in [0.717, 1.165) is 11.3 Å². The van der Waals surface area contributed by atoms with Crippen LogP contribution in [0.5, 0.6) is 5.75 Å². The number of nitrogens with zero attached hydrogens (tertiary/aromatic N) is 1. The molecular weight excluding hydrogens is 404 g/mol. The van der Waals surface area contributed by atoms with Crippen LogP contribution in [0.2, 0.25) is 0 Å². The van der Waals surface area contributed by atoms with Gasteiger partial charge in [-0.1, -0.05) is 30.3 Å². The van der Waals surface area contributed by atoms with E-state index in [9.17, 15) is 13.2 Å². The van der Waals surface area contributed by atoms with Gasteiger partial charge in [-0.2, -0.15) is 0 Å². The lowest BCUT2D eigenvalue weighted by atomic mass is 10.1. The Morgan fingerprint density at radius 1 is 1.03 bits per heavy atom. The van der Waals surface area contributed by atoms with Gasteiger partial charge in [0.25, 0.3) is 5.91 Å². The lowest BCUT2D eigenvalue weighted by Crippen LogP contribution is -2.34. The summed E-state index contributed by atoms with van der Waals surface area (Å²) >= 11 is 0. The smallest absolute Gasteiger partial charge is 0.287 e. The van der Waals surface area contributed by atoms with Crippen LogP contribution in [0.3, 0.4) is 0 Å². The van der Waals surface area contributed by atoms with Gasteiger partial charge in [0.1, 0.15) is 5.75 Å². The van der Waals surface area contributed by atoms with Crippen molar-refractivity contribution in [1.82, 2.24) is 10.2 Å². The maximum atomic E-state index is 12.6. The minimum Gasteiger partial charge on any atom is -0.497 e. The van der Waals surface area contributed by atoms with Crippen LogP contribution >= 0.6 is 0 Å². The number of ether oxygens (including phenoxy) is 1. The molecule has 1 atom stereocenters. The van der Waals surface area contributed by atoms with Gasteiger partial charge in [-0.25, -0.2) is 8.42 Å². The van der Waals surface area contributed by atoms with Crippen molar-refractivity contribution in [3.8, 4) is 5.75 Å². The Morgan fingerprint density at radius 2 is 1.70 bits per heavy atom. The highest BCUT2D eigenvalue weighted by Crippen LogP contribution is 2.23. The van der Waals surface area contributed by atoms with Crippen LogP contribution in [0.1, 0.15) is 22.2 Å². The van der Waals surface area contributed by atoms with Crippen molar-refractivity contribution >= 4 is 15.7 Å². The zero-order chi connectivity index (χ0) is 21.7. The predicted octanol–water partition coefficient (Wildman–Crippen LogP) is 3.15. The molecule has 0 spiro atoms. The van der Waals surface area contributed by atoms with E-state index in [1.807, 2.05) is 43.3 Å². The van der Waals surface area contributed by atoms with Crippen molar-refractivity contribution in [3.05, 3.63) is 78.1 Å². The van der Waals surface area contributed by atoms with Gasteiger partial charge in [-0.15, -0.1) is 0 Å². The molecule has 158 valence electrons. The number of benzene rings is 2. The molecule has 2 aromatic carbocycles. The van der Waals surface area contributed by atoms with Gasteiger partial charge in [0.15, 0.2) is 5.76 Å². The molecule has 0 saturated heterocycles. The van der Waals surface area contributed by atoms with E-state index < -0.39 is 15.7 Å². The Balaban J connectivity index is 1.71. The predicted molar refractivity (Wildman–Crippen MR) is 112 cm³/mol. The second-order valence-electron chi connectivity index (χ2n) is 6.90. The third-order valence-electron chi connectivity index (χ3n) is 4.70. The summed E-state index contributed by atoms with van der Waals surface area (Å²) in [5, 5.41) is 2.55. The number of carbonyl (C=O) groups is 1. The van der Waals surface area contributed by atoms with Crippen LogP contribution in [0.15, 0.2) is 81.1 Å². The van der Waals surface area contributed by atoms with Crippen molar-refractivity contribution in [1.29, 1.82) is 0 Å². The lowest BCUT2D eigenvalue weighted by molar-refractivity contribution is 0.0909. The molecule has 7 nitrogen and oxygen atoms in total. The van der Waals surface area contributed by atoms with E-state index in [1.54, 1.807) is 25.3 Å². The number of likely N-dealkylation sites (N-methyl/N-ethyl adjacent to an activating group) is 1. The summed E-state index contributed by atoms with van der Waals surface area (Å²) in [5.41, 5.74) is 1.01. The molecule has 0 aliphatic heterocycles. The number of hydrogen-bond acceptors (Lipinski definition) is 6. The van der Waals surface area contributed by atoms with E-state index in [-0.39, 0.29) is 21.8 Å². The molecule has 3 aromatic rings. The highest BCUT2D eigenvalue weighted by atomic mass is 32.2. The molecule has 1 heterocycles. The number of rotatable bonds is 8. The van der Waals surface area contributed by atoms with Gasteiger partial charge in [0.05, 0.1) is 18.0 Å². The fourth-order valence-corrected chi connectivity index (χ4v) is 4.20. The van der Waals surface area contributed by atoms with E-state index >= 15 is 0 Å². The fourth-order valence-electron chi connectivity index (χ4n) is 3.00. The SMILES string of the molecule is COc1ccc(C(CNC(=O)c2ccc(S(=O)(=O)c3ccccc3)o2)N(C)C)cc1. The molecule has 8 heteroatoms. The number of hydrogen-bond donors (Lipinski definition) is 1. The Hall–Kier alpha value is -3.10. The van der Waals surface area contributed by atoms with Gasteiger partial charge in [-0.05, 0) is 56.1 Å². The molecular formula is C22H24N2O5S. The van der Waals surface area contributed by atoms with Gasteiger partial charge in [0.2, 0.25) is 14.9 Å². The van der Waals surface area contributed by atoms with Crippen LogP contribution in [-0.2, 0) is 9.84 Å². The molecule has 1 unspecified atom stereocenters. The third kappa shape index (κ3) is 4.72. The maximum absolute atomic E-state index is 12.6. The third-order valence-corrected chi connectivity index (χ3v) is 6.35. The molecule has 0 fully saturated rings. The minimum absolute atomic E-state index is 0.0586. The van der Waals surface area contributed by atoms with Crippen molar-refractivity contribution in [3.63, 3.8) is 0 Å². The number of amides is 1. The summed E-state index contributed by atoms with van der Waals surface area (Å²) in [6, 6.07) is 18.1. The van der Waals surface area contributed by atoms with Crippen molar-refractivity contribution in [2.24, 2.45) is 0 Å². The summed E-state index contributed by atoms with van der Waals surface area (Å²) in [4.78, 5) is 14.6. The normalized spacial score (nSPS) is 12.5. The van der Waals surface area contributed by atoms with Gasteiger partial charge < -0.3 is 19.4 Å². The van der Waals surface area contributed by atoms with Gasteiger partial charge in [0, 0.05) is 6.54 Å². The molecule has 3 rings (SSSR count). The Kier molecular flexibility index (Phi) is 6.59. The first-order valence-electron chi connectivity index (χ1n) is 9.31. The highest BCUT2D eigenvalue weighted by Gasteiger charge is 2.24. The summed E-state index contributed by atoms with van der Waals surface area (Å²) in [7, 11) is 1.62. The average molecular weight is 429 g/mol. The monoisotopic (exact) mass is 428 g/mol. The van der Waals surface area contributed by atoms with E-state index in [2.05, 4.69) is 5.32 Å². The molecule has 1 aromatic heterocycles. The average Bonchev–Trinajstić information content (AvgIpc) is 3.26. The number of furan rings is 1. The number of nitrogens with one attached hydrogen (secondary N) is 1. The van der Waals surface area contributed by atoms with E-state index in [0.29, 0.717) is 6.54 Å². The van der Waals surface area contributed by atoms with Gasteiger partial charge >= 0.3 is 0 Å². The van der Waals surface area contributed by atoms with E-state index in [4.69, 9.17) is 9.15 Å². The Labute approximate surface area is 176 Å². The highest BCUT2D eigenvalue weighted by molar-refractivity contribution is 7.91. The van der Waals surface area contributed by atoms with Crippen LogP contribution in [0, 0.1) is 0 Å². The van der Waals surface area contributed by atoms with Crippen LogP contribution in [0.4, 0.5) is 0 Å². The standard InChI is InChI=1S/C22H24N2O5S/c1-24(2)19(16-9-11-17(28-3)12-10-16)15-23-22(25)20-13-14-21(29-20)30(26,27)18-7-5-4-6-8-18/h4-14,19H,15H2,1-3H3,(H,23,25). The topological polar surface area (TPSA) is 88.8 Å². The molecule has 0 aliphatic rings. The molecule has 0 radical (unpaired) electrons. The summed E-state index contributed by atoms with van der Waals surface area (Å²) in [6.45, 7) is 0.319. The lowest BCUT2D eigenvalue weighted by Gasteiger charge is -2.25. The van der Waals surface area contributed by atoms with E-state index in [1.165, 1.54) is 24.3 Å². The zero-order valence-electron chi connectivity index (χ0n) is 17.0. The first-order valence-corrected chi connectivity index (χ1v) is 10.8. The summed E-state index contributed by atoms with van der Waals surface area (Å²) in [5.74, 6) is 0.213. The number of methoxy groups -OCH3 is 1. The van der Waals surface area contributed by atoms with Crippen molar-refractivity contribution in [2.75, 3.05) is 27.7 Å². The Morgan fingerprint density at radius 3 is 2.30 bits per heavy atom. The molecule has 0 aliphatic carbocycles. The van der Waals surface area contributed by atoms with Crippen LogP contribution in [0.25, 0.3) is 0 Å². The molecule has 0 bridgehead atoms. The molecule has 1 amide bonds. The molecule has 30 heavy (non-hydrogen) atoms. The first-order chi connectivity index (χ1) is 14.3. The number of carbonyl (C=O) groups excluding carboxylic acids is 1. The van der Waals surface area contributed by atoms with Gasteiger partial charge in [-0.3, -0.25) is 4.79 Å². The zero-order valence-corrected chi connectivity index (χ0v) is 17.8. The van der Waals surface area contributed by atoms with Crippen LogP contribution < -0.4 is 10.1 Å². The fraction of sp³-hybridized carbons (Fsp3) is 0.227. The van der Waals surface area contributed by atoms with Crippen molar-refractivity contribution in [2.45, 2.75) is 16.0 Å². The largest absolute Gasteiger partial charge is 0.497 e. The summed E-state index contributed by atoms with van der Waals surface area (Å²) < 4.78 is 35.8. The maximum Gasteiger partial charge on any atom is 0.287 e. The molecule has 0 saturated carbocycles.